The summed E-state index contributed by atoms with van der Waals surface area (Å²) in [6.07, 6.45) is 1.35. The smallest absolute Gasteiger partial charge is 0.337 e. The van der Waals surface area contributed by atoms with E-state index < -0.39 is 12.0 Å². The van der Waals surface area contributed by atoms with Gasteiger partial charge in [-0.1, -0.05) is 6.92 Å². The Morgan fingerprint density at radius 3 is 2.82 bits per heavy atom. The van der Waals surface area contributed by atoms with Crippen LogP contribution in [0.5, 0.6) is 0 Å². The average Bonchev–Trinajstić information content (AvgIpc) is 2.94. The van der Waals surface area contributed by atoms with E-state index in [1.165, 1.54) is 0 Å². The summed E-state index contributed by atoms with van der Waals surface area (Å²) in [6, 6.07) is 3.26. The van der Waals surface area contributed by atoms with Crippen molar-refractivity contribution in [2.45, 2.75) is 32.7 Å². The standard InChI is InChI=1S/C15H20N2O4S/c1-3-10-4-5-11(21-10)6-7-20-14(19)13-9(2)16-15(22)17-12(13)8-18/h4-5,12,18H,3,6-8H2,1-2H3,(H2,16,17,22). The Kier molecular flexibility index (Phi) is 5.57. The van der Waals surface area contributed by atoms with Gasteiger partial charge >= 0.3 is 5.97 Å². The fourth-order valence-electron chi connectivity index (χ4n) is 2.27. The number of esters is 1. The number of hydrogen-bond donors (Lipinski definition) is 3. The second kappa shape index (κ2) is 7.42. The maximum atomic E-state index is 12.2. The Morgan fingerprint density at radius 2 is 2.18 bits per heavy atom. The molecule has 0 fully saturated rings. The van der Waals surface area contributed by atoms with Crippen LogP contribution in [0.2, 0.25) is 0 Å². The number of thiocarbonyl (C=S) groups is 1. The zero-order valence-electron chi connectivity index (χ0n) is 12.6. The van der Waals surface area contributed by atoms with Crippen molar-refractivity contribution in [2.75, 3.05) is 13.2 Å². The van der Waals surface area contributed by atoms with Crippen molar-refractivity contribution >= 4 is 23.3 Å². The molecule has 0 radical (unpaired) electrons. The van der Waals surface area contributed by atoms with Gasteiger partial charge in [0.25, 0.3) is 0 Å². The fraction of sp³-hybridized carbons (Fsp3) is 0.467. The molecule has 0 saturated heterocycles. The molecule has 1 aliphatic rings. The van der Waals surface area contributed by atoms with Gasteiger partial charge in [-0.2, -0.15) is 0 Å². The highest BCUT2D eigenvalue weighted by Gasteiger charge is 2.29. The van der Waals surface area contributed by atoms with Crippen LogP contribution in [-0.4, -0.2) is 35.4 Å². The number of nitrogens with one attached hydrogen (secondary N) is 2. The van der Waals surface area contributed by atoms with E-state index in [0.717, 1.165) is 17.9 Å². The van der Waals surface area contributed by atoms with Crippen LogP contribution >= 0.6 is 12.2 Å². The molecule has 7 heteroatoms. The largest absolute Gasteiger partial charge is 0.466 e. The van der Waals surface area contributed by atoms with Crippen molar-refractivity contribution < 1.29 is 19.1 Å². The average molecular weight is 324 g/mol. The molecule has 0 bridgehead atoms. The number of ether oxygens (including phenoxy) is 1. The molecule has 1 aliphatic heterocycles. The van der Waals surface area contributed by atoms with E-state index in [-0.39, 0.29) is 13.2 Å². The molecule has 2 heterocycles. The van der Waals surface area contributed by atoms with Crippen LogP contribution in [0, 0.1) is 0 Å². The van der Waals surface area contributed by atoms with Gasteiger partial charge in [0.15, 0.2) is 5.11 Å². The van der Waals surface area contributed by atoms with Gasteiger partial charge in [0, 0.05) is 18.5 Å². The number of carbonyl (C=O) groups excluding carboxylic acids is 1. The lowest BCUT2D eigenvalue weighted by atomic mass is 10.0. The number of aliphatic hydroxyl groups excluding tert-OH is 1. The lowest BCUT2D eigenvalue weighted by Gasteiger charge is -2.28. The van der Waals surface area contributed by atoms with Gasteiger partial charge in [-0.15, -0.1) is 0 Å². The Hall–Kier alpha value is -1.86. The highest BCUT2D eigenvalue weighted by molar-refractivity contribution is 7.80. The minimum Gasteiger partial charge on any atom is -0.466 e. The summed E-state index contributed by atoms with van der Waals surface area (Å²) in [5.74, 6) is 1.23. The summed E-state index contributed by atoms with van der Waals surface area (Å²) < 4.78 is 10.8. The first-order chi connectivity index (χ1) is 10.5. The predicted octanol–water partition coefficient (Wildman–Crippen LogP) is 1.04. The van der Waals surface area contributed by atoms with Gasteiger partial charge in [-0.3, -0.25) is 0 Å². The SMILES string of the molecule is CCc1ccc(CCOC(=O)C2=C(C)NC(=S)NC2CO)o1. The molecule has 0 aliphatic carbocycles. The van der Waals surface area contributed by atoms with Crippen molar-refractivity contribution in [1.29, 1.82) is 0 Å². The topological polar surface area (TPSA) is 83.7 Å². The molecule has 0 amide bonds. The number of furan rings is 1. The second-order valence-electron chi connectivity index (χ2n) is 4.98. The molecule has 1 aromatic rings. The third-order valence-electron chi connectivity index (χ3n) is 3.41. The third-order valence-corrected chi connectivity index (χ3v) is 3.63. The number of rotatable bonds is 6. The lowest BCUT2D eigenvalue weighted by molar-refractivity contribution is -0.139. The van der Waals surface area contributed by atoms with E-state index >= 15 is 0 Å². The molecule has 1 aromatic heterocycles. The monoisotopic (exact) mass is 324 g/mol. The van der Waals surface area contributed by atoms with Crippen LogP contribution in [0.1, 0.15) is 25.4 Å². The Labute approximate surface area is 134 Å². The molecule has 0 saturated carbocycles. The maximum Gasteiger partial charge on any atom is 0.337 e. The first-order valence-corrected chi connectivity index (χ1v) is 7.59. The van der Waals surface area contributed by atoms with E-state index in [1.807, 2.05) is 19.1 Å². The fourth-order valence-corrected chi connectivity index (χ4v) is 2.56. The molecule has 1 unspecified atom stereocenters. The van der Waals surface area contributed by atoms with E-state index in [1.54, 1.807) is 6.92 Å². The number of carbonyl (C=O) groups is 1. The molecule has 1 atom stereocenters. The summed E-state index contributed by atoms with van der Waals surface area (Å²) in [7, 11) is 0. The van der Waals surface area contributed by atoms with Crippen molar-refractivity contribution in [3.05, 3.63) is 34.9 Å². The van der Waals surface area contributed by atoms with Crippen LogP contribution in [0.4, 0.5) is 0 Å². The van der Waals surface area contributed by atoms with Crippen molar-refractivity contribution in [3.63, 3.8) is 0 Å². The number of aliphatic hydroxyl groups is 1. The second-order valence-corrected chi connectivity index (χ2v) is 5.39. The summed E-state index contributed by atoms with van der Waals surface area (Å²) >= 11 is 5.00. The number of hydrogen-bond acceptors (Lipinski definition) is 5. The van der Waals surface area contributed by atoms with E-state index in [0.29, 0.717) is 22.8 Å². The minimum atomic E-state index is -0.545. The van der Waals surface area contributed by atoms with E-state index in [2.05, 4.69) is 10.6 Å². The summed E-state index contributed by atoms with van der Waals surface area (Å²) in [6.45, 7) is 3.73. The van der Waals surface area contributed by atoms with Gasteiger partial charge in [0.1, 0.15) is 11.5 Å². The van der Waals surface area contributed by atoms with Crippen molar-refractivity contribution in [2.24, 2.45) is 0 Å². The van der Waals surface area contributed by atoms with E-state index in [4.69, 9.17) is 21.4 Å². The molecular formula is C15H20N2O4S. The van der Waals surface area contributed by atoms with E-state index in [9.17, 15) is 9.90 Å². The molecule has 22 heavy (non-hydrogen) atoms. The quantitative estimate of drug-likeness (QED) is 0.532. The van der Waals surface area contributed by atoms with Crippen LogP contribution in [-0.2, 0) is 22.4 Å². The van der Waals surface area contributed by atoms with Crippen molar-refractivity contribution in [3.8, 4) is 0 Å². The van der Waals surface area contributed by atoms with Gasteiger partial charge in [0.2, 0.25) is 0 Å². The van der Waals surface area contributed by atoms with Crippen LogP contribution in [0.15, 0.2) is 27.8 Å². The van der Waals surface area contributed by atoms with Gasteiger partial charge in [0.05, 0.1) is 24.8 Å². The van der Waals surface area contributed by atoms with Crippen molar-refractivity contribution in [1.82, 2.24) is 10.6 Å². The highest BCUT2D eigenvalue weighted by atomic mass is 32.1. The normalized spacial score (nSPS) is 18.0. The molecule has 120 valence electrons. The van der Waals surface area contributed by atoms with Gasteiger partial charge in [-0.05, 0) is 31.3 Å². The number of allylic oxidation sites excluding steroid dienone is 1. The number of aryl methyl sites for hydroxylation is 1. The lowest BCUT2D eigenvalue weighted by Crippen LogP contribution is -2.51. The summed E-state index contributed by atoms with van der Waals surface area (Å²) in [5.41, 5.74) is 0.962. The molecule has 3 N–H and O–H groups in total. The molecule has 2 rings (SSSR count). The van der Waals surface area contributed by atoms with Gasteiger partial charge < -0.3 is 24.9 Å². The van der Waals surface area contributed by atoms with Gasteiger partial charge in [-0.25, -0.2) is 4.79 Å². The Bertz CT molecular complexity index is 594. The highest BCUT2D eigenvalue weighted by Crippen LogP contribution is 2.14. The molecule has 0 aromatic carbocycles. The Morgan fingerprint density at radius 1 is 1.45 bits per heavy atom. The van der Waals surface area contributed by atoms with Crippen LogP contribution < -0.4 is 10.6 Å². The maximum absolute atomic E-state index is 12.2. The zero-order valence-corrected chi connectivity index (χ0v) is 13.5. The Balaban J connectivity index is 1.93. The molecule has 0 spiro atoms. The van der Waals surface area contributed by atoms with Crippen LogP contribution in [0.3, 0.4) is 0 Å². The molecule has 6 nitrogen and oxygen atoms in total. The first kappa shape index (κ1) is 16.5. The summed E-state index contributed by atoms with van der Waals surface area (Å²) in [4.78, 5) is 12.2. The molecular weight excluding hydrogens is 304 g/mol. The minimum absolute atomic E-state index is 0.217. The zero-order chi connectivity index (χ0) is 16.1. The third kappa shape index (κ3) is 3.86. The predicted molar refractivity (Wildman–Crippen MR) is 85.2 cm³/mol. The van der Waals surface area contributed by atoms with Crippen LogP contribution in [0.25, 0.3) is 0 Å². The first-order valence-electron chi connectivity index (χ1n) is 7.19. The summed E-state index contributed by atoms with van der Waals surface area (Å²) in [5, 5.41) is 15.5.